The second kappa shape index (κ2) is 12.0. The highest BCUT2D eigenvalue weighted by molar-refractivity contribution is 5.73. The number of aliphatic carboxylic acids is 1. The summed E-state index contributed by atoms with van der Waals surface area (Å²) >= 11 is 0. The van der Waals surface area contributed by atoms with Gasteiger partial charge in [-0.05, 0) is 104 Å². The Kier molecular flexibility index (Phi) is 8.64. The van der Waals surface area contributed by atoms with Gasteiger partial charge in [-0.15, -0.1) is 5.10 Å². The van der Waals surface area contributed by atoms with Crippen molar-refractivity contribution < 1.29 is 24.1 Å². The molecule has 11 nitrogen and oxygen atoms in total. The number of fused-ring (bicyclic) bond motifs is 3. The third-order valence-electron chi connectivity index (χ3n) is 16.3. The Morgan fingerprint density at radius 1 is 1.08 bits per heavy atom. The van der Waals surface area contributed by atoms with Crippen LogP contribution in [0, 0.1) is 56.7 Å². The third kappa shape index (κ3) is 4.94. The number of rotatable bonds is 8. The number of nitrogens with zero attached hydrogens (tertiary/aromatic N) is 4. The molecule has 49 heavy (non-hydrogen) atoms. The molecule has 1 unspecified atom stereocenters. The number of carbonyl (C=O) groups is 1. The number of nitrogens with one attached hydrogen (secondary N) is 1. The average Bonchev–Trinajstić information content (AvgIpc) is 3.50. The fraction of sp³-hybridized carbons (Fsp3) is 0.895. The summed E-state index contributed by atoms with van der Waals surface area (Å²) in [4.78, 5) is 15.2. The van der Waals surface area contributed by atoms with E-state index < -0.39 is 11.9 Å². The van der Waals surface area contributed by atoms with Crippen LogP contribution in [0.3, 0.4) is 0 Å². The van der Waals surface area contributed by atoms with Crippen molar-refractivity contribution in [3.63, 3.8) is 0 Å². The number of carboxylic acids is 1. The van der Waals surface area contributed by atoms with Gasteiger partial charge in [0.05, 0.1) is 31.8 Å². The zero-order chi connectivity index (χ0) is 35.2. The SMILES string of the molecule is CNC1(CO[C@H]2[C@H](n3nnc(N)n3)C[C@@]34COCC2(C)[C@@H]3CC[C@H]2C4=CC[C@@]3(C)[C@H](C(=O)O)[C@@](C)([C@H](C)C(C)C)CC[C@]23C)CCOCC1. The van der Waals surface area contributed by atoms with E-state index in [2.05, 4.69) is 75.3 Å². The molecule has 4 aliphatic carbocycles. The molecule has 3 heterocycles. The Bertz CT molecular complexity index is 1460. The lowest BCUT2D eigenvalue weighted by Gasteiger charge is -2.71. The number of hydrogen-bond donors (Lipinski definition) is 3. The molecule has 4 N–H and O–H groups in total. The van der Waals surface area contributed by atoms with Gasteiger partial charge in [0.15, 0.2) is 0 Å². The highest BCUT2D eigenvalue weighted by atomic mass is 16.5. The van der Waals surface area contributed by atoms with E-state index in [9.17, 15) is 9.90 Å². The molecule has 0 radical (unpaired) electrons. The fourth-order valence-corrected chi connectivity index (χ4v) is 13.0. The van der Waals surface area contributed by atoms with Crippen LogP contribution >= 0.6 is 0 Å². The molecule has 2 aliphatic heterocycles. The number of nitrogen functional groups attached to an aromatic ring is 1. The van der Waals surface area contributed by atoms with Crippen LogP contribution in [-0.2, 0) is 19.0 Å². The molecular weight excluding hydrogens is 620 g/mol. The van der Waals surface area contributed by atoms with Crippen LogP contribution in [0.15, 0.2) is 11.6 Å². The number of tetrazole rings is 1. The van der Waals surface area contributed by atoms with Crippen molar-refractivity contribution in [2.24, 2.45) is 56.7 Å². The molecule has 1 aromatic rings. The van der Waals surface area contributed by atoms with E-state index in [-0.39, 0.29) is 56.6 Å². The van der Waals surface area contributed by atoms with Gasteiger partial charge in [0.1, 0.15) is 6.04 Å². The third-order valence-corrected chi connectivity index (χ3v) is 16.3. The molecule has 5 fully saturated rings. The van der Waals surface area contributed by atoms with Crippen molar-refractivity contribution in [2.75, 3.05) is 45.8 Å². The van der Waals surface area contributed by atoms with E-state index in [1.165, 1.54) is 5.57 Å². The summed E-state index contributed by atoms with van der Waals surface area (Å²) in [6, 6.07) is -0.169. The number of aromatic nitrogens is 4. The van der Waals surface area contributed by atoms with Crippen molar-refractivity contribution in [2.45, 2.75) is 118 Å². The minimum Gasteiger partial charge on any atom is -0.481 e. The number of allylic oxidation sites excluding steroid dienone is 1. The van der Waals surface area contributed by atoms with Crippen LogP contribution in [0.25, 0.3) is 0 Å². The maximum Gasteiger partial charge on any atom is 0.307 e. The number of ether oxygens (including phenoxy) is 3. The van der Waals surface area contributed by atoms with Crippen molar-refractivity contribution in [3.8, 4) is 0 Å². The minimum atomic E-state index is -0.628. The van der Waals surface area contributed by atoms with Gasteiger partial charge in [-0.3, -0.25) is 4.79 Å². The molecule has 274 valence electrons. The Labute approximate surface area is 292 Å². The molecule has 0 amide bonds. The van der Waals surface area contributed by atoms with Crippen molar-refractivity contribution in [1.29, 1.82) is 0 Å². The van der Waals surface area contributed by atoms with Gasteiger partial charge in [-0.25, -0.2) is 0 Å². The molecule has 11 heteroatoms. The predicted molar refractivity (Wildman–Crippen MR) is 186 cm³/mol. The summed E-state index contributed by atoms with van der Waals surface area (Å²) in [5.41, 5.74) is 6.15. The summed E-state index contributed by atoms with van der Waals surface area (Å²) < 4.78 is 19.6. The number of hydrogen-bond acceptors (Lipinski definition) is 9. The van der Waals surface area contributed by atoms with E-state index in [0.717, 1.165) is 64.6 Å². The summed E-state index contributed by atoms with van der Waals surface area (Å²) in [6.07, 6.45) is 9.74. The van der Waals surface area contributed by atoms with Gasteiger partial charge in [0.25, 0.3) is 5.95 Å². The lowest BCUT2D eigenvalue weighted by Crippen LogP contribution is -2.69. The molecule has 1 aromatic heterocycles. The summed E-state index contributed by atoms with van der Waals surface area (Å²) in [5, 5.41) is 27.9. The van der Waals surface area contributed by atoms with Crippen LogP contribution in [0.5, 0.6) is 0 Å². The monoisotopic (exact) mass is 682 g/mol. The maximum atomic E-state index is 13.5. The van der Waals surface area contributed by atoms with Crippen LogP contribution in [0.2, 0.25) is 0 Å². The standard InChI is InChI=1S/C38H62N6O5/c1-23(2)24(3)33(4)13-14-35(6)25-9-10-28-34(5)20-48-22-38(28,26(25)11-12-36(35,7)29(33)31(45)46)19-27(44-42-32(39)41-43-44)30(34)49-21-37(40-8)15-17-47-18-16-37/h11,23-25,27-30,40H,9-10,12-22H2,1-8H3,(H2,39,42)(H,45,46)/t24-,25+,27-,28+,29-,30+,33-,34?,35-,36+,38+/m1/s1. The van der Waals surface area contributed by atoms with Crippen molar-refractivity contribution in [1.82, 2.24) is 25.5 Å². The van der Waals surface area contributed by atoms with Gasteiger partial charge < -0.3 is 30.4 Å². The number of carboxylic acid groups (broad SMARTS) is 1. The summed E-state index contributed by atoms with van der Waals surface area (Å²) in [7, 11) is 2.03. The van der Waals surface area contributed by atoms with Gasteiger partial charge in [0, 0.05) is 29.6 Å². The van der Waals surface area contributed by atoms with E-state index >= 15 is 0 Å². The molecule has 11 atom stereocenters. The maximum absolute atomic E-state index is 13.5. The van der Waals surface area contributed by atoms with E-state index in [4.69, 9.17) is 19.9 Å². The van der Waals surface area contributed by atoms with Crippen molar-refractivity contribution >= 4 is 11.9 Å². The molecule has 7 rings (SSSR count). The zero-order valence-electron chi connectivity index (χ0n) is 31.3. The van der Waals surface area contributed by atoms with E-state index in [1.807, 2.05) is 7.05 Å². The quantitative estimate of drug-likeness (QED) is 0.299. The summed E-state index contributed by atoms with van der Waals surface area (Å²) in [6.45, 7) is 19.5. The Morgan fingerprint density at radius 3 is 2.45 bits per heavy atom. The number of anilines is 1. The lowest BCUT2D eigenvalue weighted by molar-refractivity contribution is -0.255. The average molecular weight is 683 g/mol. The Hall–Kier alpha value is -2.08. The molecular formula is C38H62N6O5. The first-order valence-corrected chi connectivity index (χ1v) is 19.1. The Morgan fingerprint density at radius 2 is 1.82 bits per heavy atom. The molecule has 0 spiro atoms. The first kappa shape index (κ1) is 35.3. The second-order valence-corrected chi connectivity index (χ2v) is 18.5. The van der Waals surface area contributed by atoms with E-state index in [1.54, 1.807) is 4.80 Å². The van der Waals surface area contributed by atoms with Gasteiger partial charge in [0.2, 0.25) is 0 Å². The predicted octanol–water partition coefficient (Wildman–Crippen LogP) is 5.54. The Balaban J connectivity index is 1.29. The zero-order valence-corrected chi connectivity index (χ0v) is 31.3. The molecule has 2 saturated heterocycles. The molecule has 0 aromatic carbocycles. The normalized spacial score (nSPS) is 45.1. The van der Waals surface area contributed by atoms with Crippen LogP contribution < -0.4 is 11.1 Å². The molecule has 3 saturated carbocycles. The van der Waals surface area contributed by atoms with Gasteiger partial charge in [-0.1, -0.05) is 65.2 Å². The van der Waals surface area contributed by atoms with Gasteiger partial charge >= 0.3 is 5.97 Å². The van der Waals surface area contributed by atoms with Gasteiger partial charge in [-0.2, -0.15) is 4.80 Å². The number of likely N-dealkylation sites (N-methyl/N-ethyl adjacent to an activating group) is 1. The fourth-order valence-electron chi connectivity index (χ4n) is 13.0. The first-order chi connectivity index (χ1) is 23.1. The van der Waals surface area contributed by atoms with Crippen molar-refractivity contribution in [3.05, 3.63) is 11.6 Å². The highest BCUT2D eigenvalue weighted by Crippen LogP contribution is 2.75. The lowest BCUT2D eigenvalue weighted by atomic mass is 9.34. The molecule has 2 bridgehead atoms. The first-order valence-electron chi connectivity index (χ1n) is 19.1. The van der Waals surface area contributed by atoms with E-state index in [0.29, 0.717) is 37.6 Å². The molecule has 6 aliphatic rings. The van der Waals surface area contributed by atoms with Crippen LogP contribution in [0.1, 0.15) is 106 Å². The highest BCUT2D eigenvalue weighted by Gasteiger charge is 2.72. The smallest absolute Gasteiger partial charge is 0.307 e. The number of nitrogens with two attached hydrogens (primary N) is 1. The van der Waals surface area contributed by atoms with Crippen LogP contribution in [-0.4, -0.2) is 83.0 Å². The summed E-state index contributed by atoms with van der Waals surface area (Å²) in [5.74, 6) is 0.502. The largest absolute Gasteiger partial charge is 0.481 e. The topological polar surface area (TPSA) is 147 Å². The van der Waals surface area contributed by atoms with Crippen LogP contribution in [0.4, 0.5) is 5.95 Å². The minimum absolute atomic E-state index is 0.148. The second-order valence-electron chi connectivity index (χ2n) is 18.5.